The number of nitrogens with zero attached hydrogens (tertiary/aromatic N) is 2. The van der Waals surface area contributed by atoms with Gasteiger partial charge in [-0.3, -0.25) is 9.78 Å². The average Bonchev–Trinajstić information content (AvgIpc) is 2.77. The average molecular weight is 255 g/mol. The van der Waals surface area contributed by atoms with Crippen molar-refractivity contribution in [3.63, 3.8) is 0 Å². The largest absolute Gasteiger partial charge is 0.384 e. The molecule has 0 bridgehead atoms. The van der Waals surface area contributed by atoms with Crippen LogP contribution in [0, 0.1) is 5.92 Å². The molecular formula is C12H15ClN2O2. The maximum atomic E-state index is 12.1. The van der Waals surface area contributed by atoms with Gasteiger partial charge in [0.1, 0.15) is 5.69 Å². The Hall–Kier alpha value is -1.13. The van der Waals surface area contributed by atoms with Crippen molar-refractivity contribution < 1.29 is 9.53 Å². The third kappa shape index (κ3) is 2.96. The highest BCUT2D eigenvalue weighted by Crippen LogP contribution is 2.19. The van der Waals surface area contributed by atoms with Crippen LogP contribution in [0.2, 0.25) is 5.02 Å². The van der Waals surface area contributed by atoms with E-state index in [0.717, 1.165) is 19.5 Å². The van der Waals surface area contributed by atoms with E-state index in [0.29, 0.717) is 23.2 Å². The summed E-state index contributed by atoms with van der Waals surface area (Å²) in [5.41, 5.74) is 0.413. The van der Waals surface area contributed by atoms with E-state index in [9.17, 15) is 4.79 Å². The first-order valence-electron chi connectivity index (χ1n) is 5.60. The highest BCUT2D eigenvalue weighted by Gasteiger charge is 2.27. The lowest BCUT2D eigenvalue weighted by Crippen LogP contribution is -2.29. The second kappa shape index (κ2) is 5.47. The van der Waals surface area contributed by atoms with Gasteiger partial charge in [-0.1, -0.05) is 11.6 Å². The van der Waals surface area contributed by atoms with E-state index in [1.807, 2.05) is 4.90 Å². The zero-order valence-electron chi connectivity index (χ0n) is 9.73. The maximum Gasteiger partial charge on any atom is 0.272 e. The Morgan fingerprint density at radius 3 is 3.24 bits per heavy atom. The summed E-state index contributed by atoms with van der Waals surface area (Å²) in [5.74, 6) is 0.384. The number of likely N-dealkylation sites (tertiary alicyclic amines) is 1. The van der Waals surface area contributed by atoms with Crippen LogP contribution in [0.3, 0.4) is 0 Å². The summed E-state index contributed by atoms with van der Waals surface area (Å²) in [4.78, 5) is 18.0. The molecule has 0 N–H and O–H groups in total. The molecule has 5 heteroatoms. The lowest BCUT2D eigenvalue weighted by atomic mass is 10.1. The summed E-state index contributed by atoms with van der Waals surface area (Å²) in [7, 11) is 1.68. The van der Waals surface area contributed by atoms with Crippen molar-refractivity contribution in [2.24, 2.45) is 5.92 Å². The number of ether oxygens (including phenoxy) is 1. The molecule has 4 nitrogen and oxygen atoms in total. The Bertz CT molecular complexity index is 411. The molecule has 17 heavy (non-hydrogen) atoms. The smallest absolute Gasteiger partial charge is 0.272 e. The third-order valence-corrected chi connectivity index (χ3v) is 3.15. The van der Waals surface area contributed by atoms with Gasteiger partial charge in [-0.05, 0) is 18.6 Å². The Morgan fingerprint density at radius 1 is 1.71 bits per heavy atom. The highest BCUT2D eigenvalue weighted by molar-refractivity contribution is 6.30. The first kappa shape index (κ1) is 12.3. The fourth-order valence-electron chi connectivity index (χ4n) is 2.07. The fraction of sp³-hybridized carbons (Fsp3) is 0.500. The van der Waals surface area contributed by atoms with Crippen LogP contribution in [0.15, 0.2) is 18.3 Å². The molecule has 1 atom stereocenters. The third-order valence-electron chi connectivity index (χ3n) is 2.92. The number of halogens is 1. The minimum absolute atomic E-state index is 0.0499. The van der Waals surface area contributed by atoms with Crippen LogP contribution in [0.1, 0.15) is 16.9 Å². The van der Waals surface area contributed by atoms with Crippen molar-refractivity contribution >= 4 is 17.5 Å². The quantitative estimate of drug-likeness (QED) is 0.827. The van der Waals surface area contributed by atoms with Crippen molar-refractivity contribution in [1.82, 2.24) is 9.88 Å². The van der Waals surface area contributed by atoms with E-state index in [4.69, 9.17) is 16.3 Å². The molecule has 0 saturated carbocycles. The van der Waals surface area contributed by atoms with Gasteiger partial charge in [0, 0.05) is 37.3 Å². The van der Waals surface area contributed by atoms with Gasteiger partial charge in [0.2, 0.25) is 0 Å². The molecule has 0 aromatic carbocycles. The molecule has 2 heterocycles. The number of carbonyl (C=O) groups excluding carboxylic acids is 1. The first-order chi connectivity index (χ1) is 8.20. The fourth-order valence-corrected chi connectivity index (χ4v) is 2.23. The highest BCUT2D eigenvalue weighted by atomic mass is 35.5. The van der Waals surface area contributed by atoms with E-state index < -0.39 is 0 Å². The molecule has 1 amide bonds. The molecule has 1 aromatic heterocycles. The number of hydrogen-bond acceptors (Lipinski definition) is 3. The van der Waals surface area contributed by atoms with E-state index in [1.165, 1.54) is 0 Å². The Kier molecular flexibility index (Phi) is 3.97. The van der Waals surface area contributed by atoms with E-state index in [1.54, 1.807) is 25.4 Å². The first-order valence-corrected chi connectivity index (χ1v) is 5.98. The van der Waals surface area contributed by atoms with E-state index in [2.05, 4.69) is 4.98 Å². The van der Waals surface area contributed by atoms with Gasteiger partial charge in [0.05, 0.1) is 6.61 Å². The zero-order chi connectivity index (χ0) is 12.3. The van der Waals surface area contributed by atoms with Gasteiger partial charge in [-0.25, -0.2) is 0 Å². The van der Waals surface area contributed by atoms with Crippen molar-refractivity contribution in [2.75, 3.05) is 26.8 Å². The van der Waals surface area contributed by atoms with Crippen molar-refractivity contribution in [3.8, 4) is 0 Å². The van der Waals surface area contributed by atoms with Gasteiger partial charge in [-0.15, -0.1) is 0 Å². The molecule has 2 rings (SSSR count). The summed E-state index contributed by atoms with van der Waals surface area (Å²) in [5, 5.41) is 0.538. The van der Waals surface area contributed by atoms with Crippen LogP contribution in [0.25, 0.3) is 0 Å². The van der Waals surface area contributed by atoms with Gasteiger partial charge in [0.25, 0.3) is 5.91 Å². The molecule has 1 unspecified atom stereocenters. The summed E-state index contributed by atoms with van der Waals surface area (Å²) < 4.78 is 5.10. The molecule has 1 aliphatic rings. The minimum Gasteiger partial charge on any atom is -0.384 e. The zero-order valence-corrected chi connectivity index (χ0v) is 10.5. The van der Waals surface area contributed by atoms with Crippen molar-refractivity contribution in [2.45, 2.75) is 6.42 Å². The normalized spacial score (nSPS) is 19.6. The summed E-state index contributed by atoms with van der Waals surface area (Å²) in [6, 6.07) is 3.27. The number of amides is 1. The van der Waals surface area contributed by atoms with Gasteiger partial charge >= 0.3 is 0 Å². The molecule has 0 radical (unpaired) electrons. The number of rotatable bonds is 3. The number of aromatic nitrogens is 1. The van der Waals surface area contributed by atoms with Crippen LogP contribution < -0.4 is 0 Å². The van der Waals surface area contributed by atoms with E-state index >= 15 is 0 Å². The van der Waals surface area contributed by atoms with E-state index in [-0.39, 0.29) is 5.91 Å². The molecule has 1 saturated heterocycles. The number of hydrogen-bond donors (Lipinski definition) is 0. The lowest BCUT2D eigenvalue weighted by molar-refractivity contribution is 0.0770. The van der Waals surface area contributed by atoms with Crippen LogP contribution >= 0.6 is 11.6 Å². The second-order valence-corrected chi connectivity index (χ2v) is 4.66. The number of methoxy groups -OCH3 is 1. The standard InChI is InChI=1S/C12H15ClN2O2/c1-17-8-9-3-5-15(7-9)12(16)11-6-10(13)2-4-14-11/h2,4,6,9H,3,5,7-8H2,1H3. The maximum absolute atomic E-state index is 12.1. The summed E-state index contributed by atoms with van der Waals surface area (Å²) >= 11 is 5.84. The van der Waals surface area contributed by atoms with Crippen LogP contribution in [-0.4, -0.2) is 42.6 Å². The van der Waals surface area contributed by atoms with Gasteiger partial charge in [0.15, 0.2) is 0 Å². The minimum atomic E-state index is -0.0499. The molecule has 1 aliphatic heterocycles. The summed E-state index contributed by atoms with van der Waals surface area (Å²) in [6.45, 7) is 2.20. The predicted octanol–water partition coefficient (Wildman–Crippen LogP) is 1.84. The molecule has 0 aliphatic carbocycles. The van der Waals surface area contributed by atoms with Gasteiger partial charge in [-0.2, -0.15) is 0 Å². The number of pyridine rings is 1. The van der Waals surface area contributed by atoms with Crippen molar-refractivity contribution in [1.29, 1.82) is 0 Å². The van der Waals surface area contributed by atoms with Crippen molar-refractivity contribution in [3.05, 3.63) is 29.0 Å². The topological polar surface area (TPSA) is 42.4 Å². The SMILES string of the molecule is COCC1CCN(C(=O)c2cc(Cl)ccn2)C1. The molecule has 0 spiro atoms. The van der Waals surface area contributed by atoms with Crippen LogP contribution in [-0.2, 0) is 4.74 Å². The van der Waals surface area contributed by atoms with Gasteiger partial charge < -0.3 is 9.64 Å². The molecule has 1 aromatic rings. The van der Waals surface area contributed by atoms with Crippen LogP contribution in [0.4, 0.5) is 0 Å². The second-order valence-electron chi connectivity index (χ2n) is 4.22. The Labute approximate surface area is 106 Å². The molecule has 92 valence electrons. The number of carbonyl (C=O) groups is 1. The van der Waals surface area contributed by atoms with Crippen LogP contribution in [0.5, 0.6) is 0 Å². The Balaban J connectivity index is 2.02. The predicted molar refractivity (Wildman–Crippen MR) is 65.1 cm³/mol. The lowest BCUT2D eigenvalue weighted by Gasteiger charge is -2.15. The monoisotopic (exact) mass is 254 g/mol. The molecule has 1 fully saturated rings. The molecular weight excluding hydrogens is 240 g/mol. The summed E-state index contributed by atoms with van der Waals surface area (Å²) in [6.07, 6.45) is 2.54. The Morgan fingerprint density at radius 2 is 2.53 bits per heavy atom.